The molecule has 1 atom stereocenters. The molecular formula is C22H28N4OS. The molecule has 5 nitrogen and oxygen atoms in total. The maximum Gasteiger partial charge on any atom is 0.259 e. The van der Waals surface area contributed by atoms with Crippen molar-refractivity contribution in [1.29, 1.82) is 0 Å². The quantitative estimate of drug-likeness (QED) is 0.679. The van der Waals surface area contributed by atoms with Crippen molar-refractivity contribution in [3.05, 3.63) is 52.9 Å². The van der Waals surface area contributed by atoms with E-state index in [4.69, 9.17) is 5.73 Å². The van der Waals surface area contributed by atoms with Crippen LogP contribution < -0.4 is 5.73 Å². The first-order valence-electron chi connectivity index (χ1n) is 10.2. The SMILES string of the molecule is CCn1ccnc1CN1CCCCC[C@@H]1Cc1c(C(N)=O)sc2ccccc12. The molecule has 0 bridgehead atoms. The topological polar surface area (TPSA) is 64.2 Å². The monoisotopic (exact) mass is 396 g/mol. The van der Waals surface area contributed by atoms with E-state index in [1.54, 1.807) is 0 Å². The lowest BCUT2D eigenvalue weighted by atomic mass is 9.98. The minimum absolute atomic E-state index is 0.308. The van der Waals surface area contributed by atoms with Crippen molar-refractivity contribution in [1.82, 2.24) is 14.5 Å². The first-order valence-corrected chi connectivity index (χ1v) is 11.0. The van der Waals surface area contributed by atoms with Crippen LogP contribution in [-0.4, -0.2) is 32.9 Å². The van der Waals surface area contributed by atoms with Gasteiger partial charge >= 0.3 is 0 Å². The number of fused-ring (bicyclic) bond motifs is 1. The number of imidazole rings is 1. The zero-order valence-corrected chi connectivity index (χ0v) is 17.3. The molecule has 28 heavy (non-hydrogen) atoms. The van der Waals surface area contributed by atoms with Crippen molar-refractivity contribution >= 4 is 27.3 Å². The number of benzene rings is 1. The van der Waals surface area contributed by atoms with Crippen molar-refractivity contribution in [2.75, 3.05) is 6.54 Å². The minimum atomic E-state index is -0.308. The van der Waals surface area contributed by atoms with Gasteiger partial charge in [-0.1, -0.05) is 31.0 Å². The van der Waals surface area contributed by atoms with Gasteiger partial charge < -0.3 is 10.3 Å². The Labute approximate surface area is 170 Å². The van der Waals surface area contributed by atoms with Crippen LogP contribution in [0.15, 0.2) is 36.7 Å². The van der Waals surface area contributed by atoms with E-state index in [1.807, 2.05) is 18.3 Å². The number of carbonyl (C=O) groups is 1. The van der Waals surface area contributed by atoms with Crippen molar-refractivity contribution in [2.24, 2.45) is 5.73 Å². The number of nitrogens with zero attached hydrogens (tertiary/aromatic N) is 3. The molecule has 0 radical (unpaired) electrons. The third-order valence-electron chi connectivity index (χ3n) is 5.85. The lowest BCUT2D eigenvalue weighted by molar-refractivity contribution is 0.100. The molecule has 1 fully saturated rings. The molecule has 0 aliphatic carbocycles. The van der Waals surface area contributed by atoms with Crippen molar-refractivity contribution in [3.8, 4) is 0 Å². The number of rotatable bonds is 6. The molecule has 2 aromatic heterocycles. The Hall–Kier alpha value is -2.18. The van der Waals surface area contributed by atoms with Gasteiger partial charge in [0.2, 0.25) is 0 Å². The highest BCUT2D eigenvalue weighted by Gasteiger charge is 2.26. The Bertz CT molecular complexity index is 961. The van der Waals surface area contributed by atoms with E-state index >= 15 is 0 Å². The van der Waals surface area contributed by atoms with Gasteiger partial charge in [0.25, 0.3) is 5.91 Å². The second kappa shape index (κ2) is 8.45. The summed E-state index contributed by atoms with van der Waals surface area (Å²) in [4.78, 5) is 20.0. The van der Waals surface area contributed by atoms with Gasteiger partial charge in [0.1, 0.15) is 5.82 Å². The summed E-state index contributed by atoms with van der Waals surface area (Å²) >= 11 is 1.53. The molecule has 1 saturated heterocycles. The molecule has 1 amide bonds. The predicted octanol–water partition coefficient (Wildman–Crippen LogP) is 4.20. The Morgan fingerprint density at radius 3 is 2.96 bits per heavy atom. The van der Waals surface area contributed by atoms with Gasteiger partial charge in [-0.15, -0.1) is 11.3 Å². The Morgan fingerprint density at radius 2 is 2.14 bits per heavy atom. The van der Waals surface area contributed by atoms with Crippen LogP contribution in [-0.2, 0) is 19.5 Å². The lowest BCUT2D eigenvalue weighted by Crippen LogP contribution is -2.37. The number of amides is 1. The fraction of sp³-hybridized carbons (Fsp3) is 0.455. The average Bonchev–Trinajstić information content (AvgIpc) is 3.23. The van der Waals surface area contributed by atoms with Crippen LogP contribution >= 0.6 is 11.3 Å². The number of aryl methyl sites for hydroxylation is 1. The Morgan fingerprint density at radius 1 is 1.29 bits per heavy atom. The number of carbonyl (C=O) groups excluding carboxylic acids is 1. The zero-order valence-electron chi connectivity index (χ0n) is 16.4. The fourth-order valence-corrected chi connectivity index (χ4v) is 5.46. The van der Waals surface area contributed by atoms with Crippen LogP contribution in [0.2, 0.25) is 0 Å². The number of thiophene rings is 1. The number of hydrogen-bond acceptors (Lipinski definition) is 4. The van der Waals surface area contributed by atoms with Crippen LogP contribution in [0.4, 0.5) is 0 Å². The predicted molar refractivity (Wildman–Crippen MR) is 115 cm³/mol. The van der Waals surface area contributed by atoms with E-state index in [0.717, 1.165) is 53.4 Å². The molecule has 0 spiro atoms. The van der Waals surface area contributed by atoms with Gasteiger partial charge in [-0.05, 0) is 49.7 Å². The highest BCUT2D eigenvalue weighted by Crippen LogP contribution is 2.34. The number of aromatic nitrogens is 2. The summed E-state index contributed by atoms with van der Waals surface area (Å²) in [5.41, 5.74) is 6.87. The molecule has 4 rings (SSSR count). The second-order valence-corrected chi connectivity index (χ2v) is 8.63. The summed E-state index contributed by atoms with van der Waals surface area (Å²) in [6.45, 7) is 5.03. The molecule has 3 heterocycles. The average molecular weight is 397 g/mol. The van der Waals surface area contributed by atoms with E-state index in [-0.39, 0.29) is 5.91 Å². The van der Waals surface area contributed by atoms with Crippen LogP contribution in [0.3, 0.4) is 0 Å². The maximum absolute atomic E-state index is 12.1. The molecule has 6 heteroatoms. The van der Waals surface area contributed by atoms with E-state index in [0.29, 0.717) is 6.04 Å². The number of primary amides is 1. The maximum atomic E-state index is 12.1. The molecule has 148 valence electrons. The summed E-state index contributed by atoms with van der Waals surface area (Å²) in [5.74, 6) is 0.817. The number of likely N-dealkylation sites (tertiary alicyclic amines) is 1. The highest BCUT2D eigenvalue weighted by atomic mass is 32.1. The molecule has 1 aromatic carbocycles. The van der Waals surface area contributed by atoms with E-state index in [1.165, 1.54) is 36.0 Å². The Kier molecular flexibility index (Phi) is 5.78. The number of nitrogens with two attached hydrogens (primary N) is 1. The van der Waals surface area contributed by atoms with Gasteiger partial charge in [0.15, 0.2) is 0 Å². The van der Waals surface area contributed by atoms with Crippen LogP contribution in [0.1, 0.15) is 53.7 Å². The summed E-state index contributed by atoms with van der Waals surface area (Å²) in [7, 11) is 0. The largest absolute Gasteiger partial charge is 0.365 e. The lowest BCUT2D eigenvalue weighted by Gasteiger charge is -2.30. The molecule has 1 aliphatic heterocycles. The first kappa shape index (κ1) is 19.2. The third kappa shape index (κ3) is 3.84. The first-order chi connectivity index (χ1) is 13.7. The van der Waals surface area contributed by atoms with E-state index in [9.17, 15) is 4.79 Å². The molecule has 1 aliphatic rings. The molecule has 0 saturated carbocycles. The van der Waals surface area contributed by atoms with Crippen LogP contribution in [0, 0.1) is 0 Å². The molecule has 0 unspecified atom stereocenters. The highest BCUT2D eigenvalue weighted by molar-refractivity contribution is 7.21. The third-order valence-corrected chi connectivity index (χ3v) is 7.08. The van der Waals surface area contributed by atoms with Crippen LogP contribution in [0.25, 0.3) is 10.1 Å². The summed E-state index contributed by atoms with van der Waals surface area (Å²) in [6.07, 6.45) is 9.68. The van der Waals surface area contributed by atoms with E-state index < -0.39 is 0 Å². The molecule has 3 aromatic rings. The van der Waals surface area contributed by atoms with Crippen molar-refractivity contribution in [3.63, 3.8) is 0 Å². The van der Waals surface area contributed by atoms with Crippen molar-refractivity contribution < 1.29 is 4.79 Å². The normalized spacial score (nSPS) is 18.4. The standard InChI is InChI=1S/C22H28N4OS/c1-2-25-13-11-24-20(25)15-26-12-7-3-4-8-16(26)14-18-17-9-5-6-10-19(17)28-21(18)22(23)27/h5-6,9-11,13,16H,2-4,7-8,12,14-15H2,1H3,(H2,23,27)/t16-/m1/s1. The molecule has 2 N–H and O–H groups in total. The van der Waals surface area contributed by atoms with Gasteiger partial charge in [-0.25, -0.2) is 4.98 Å². The zero-order chi connectivity index (χ0) is 19.5. The number of hydrogen-bond donors (Lipinski definition) is 1. The summed E-state index contributed by atoms with van der Waals surface area (Å²) in [5, 5.41) is 1.18. The van der Waals surface area contributed by atoms with Crippen molar-refractivity contribution in [2.45, 2.75) is 58.2 Å². The summed E-state index contributed by atoms with van der Waals surface area (Å²) < 4.78 is 3.37. The van der Waals surface area contributed by atoms with Gasteiger partial charge in [-0.3, -0.25) is 9.69 Å². The van der Waals surface area contributed by atoms with E-state index in [2.05, 4.69) is 39.7 Å². The van der Waals surface area contributed by atoms with Gasteiger partial charge in [0.05, 0.1) is 11.4 Å². The fourth-order valence-electron chi connectivity index (χ4n) is 4.37. The Balaban J connectivity index is 1.65. The summed E-state index contributed by atoms with van der Waals surface area (Å²) in [6, 6.07) is 8.68. The minimum Gasteiger partial charge on any atom is -0.365 e. The second-order valence-electron chi connectivity index (χ2n) is 7.58. The van der Waals surface area contributed by atoms with Crippen LogP contribution in [0.5, 0.6) is 0 Å². The van der Waals surface area contributed by atoms with Gasteiger partial charge in [0, 0.05) is 29.7 Å². The smallest absolute Gasteiger partial charge is 0.259 e. The van der Waals surface area contributed by atoms with Gasteiger partial charge in [-0.2, -0.15) is 0 Å². The molecular weight excluding hydrogens is 368 g/mol.